The maximum atomic E-state index is 13.0. The van der Waals surface area contributed by atoms with Crippen LogP contribution in [0.15, 0.2) is 30.3 Å². The number of phenols is 1. The number of rotatable bonds is 6. The molecule has 5 rings (SSSR count). The second-order valence-electron chi connectivity index (χ2n) is 10.1. The molecule has 1 aromatic carbocycles. The standard InChI is InChI=1S/C25H29N7O2S2/c1-14-10-11-17(35-14)19(25(2,3)4)27-21-20(28-22-23(29-21)31-36-30-22)26-16-9-7-8-15(18(16)33)24(34)32-12-5-6-13-32/h7-11,19,33H,5-6,12-13H2,1-4H3,(H,26,28,30)(H,27,29,31)/t19-/m0/s1. The summed E-state index contributed by atoms with van der Waals surface area (Å²) in [6, 6.07) is 9.31. The monoisotopic (exact) mass is 523 g/mol. The van der Waals surface area contributed by atoms with Crippen molar-refractivity contribution in [3.05, 3.63) is 45.6 Å². The third kappa shape index (κ3) is 4.85. The van der Waals surface area contributed by atoms with Gasteiger partial charge in [-0.2, -0.15) is 8.75 Å². The van der Waals surface area contributed by atoms with Crippen molar-refractivity contribution in [2.45, 2.75) is 46.6 Å². The zero-order chi connectivity index (χ0) is 25.4. The third-order valence-corrected chi connectivity index (χ3v) is 7.79. The number of fused-ring (bicyclic) bond motifs is 1. The Labute approximate surface area is 217 Å². The Morgan fingerprint density at radius 1 is 1.06 bits per heavy atom. The Morgan fingerprint density at radius 2 is 1.75 bits per heavy atom. The lowest BCUT2D eigenvalue weighted by atomic mass is 9.86. The largest absolute Gasteiger partial charge is 0.505 e. The SMILES string of the molecule is Cc1ccc([C@H](Nc2nc3nsnc3nc2Nc2cccc(C(=O)N3CCCC3)c2O)C(C)(C)C)s1. The van der Waals surface area contributed by atoms with Gasteiger partial charge in [0.2, 0.25) is 11.3 Å². The summed E-state index contributed by atoms with van der Waals surface area (Å²) in [6.45, 7) is 10.0. The highest BCUT2D eigenvalue weighted by atomic mass is 32.1. The van der Waals surface area contributed by atoms with E-state index in [0.29, 0.717) is 41.7 Å². The summed E-state index contributed by atoms with van der Waals surface area (Å²) in [5.41, 5.74) is 1.37. The number of nitrogens with one attached hydrogen (secondary N) is 2. The minimum Gasteiger partial charge on any atom is -0.505 e. The first kappa shape index (κ1) is 24.4. The van der Waals surface area contributed by atoms with Crippen LogP contribution in [0.4, 0.5) is 17.3 Å². The highest BCUT2D eigenvalue weighted by Crippen LogP contribution is 2.41. The second-order valence-corrected chi connectivity index (χ2v) is 11.9. The first-order valence-electron chi connectivity index (χ1n) is 11.9. The quantitative estimate of drug-likeness (QED) is 0.274. The molecule has 0 saturated carbocycles. The molecular weight excluding hydrogens is 494 g/mol. The summed E-state index contributed by atoms with van der Waals surface area (Å²) in [5.74, 6) is 0.619. The molecule has 4 heterocycles. The molecule has 188 valence electrons. The van der Waals surface area contributed by atoms with Crippen molar-refractivity contribution < 1.29 is 9.90 Å². The number of benzene rings is 1. The number of para-hydroxylation sites is 1. The van der Waals surface area contributed by atoms with E-state index in [1.165, 1.54) is 9.75 Å². The molecule has 1 amide bonds. The van der Waals surface area contributed by atoms with Crippen molar-refractivity contribution in [1.82, 2.24) is 23.6 Å². The summed E-state index contributed by atoms with van der Waals surface area (Å²) >= 11 is 2.78. The van der Waals surface area contributed by atoms with Crippen LogP contribution in [0.2, 0.25) is 0 Å². The van der Waals surface area contributed by atoms with Gasteiger partial charge >= 0.3 is 0 Å². The van der Waals surface area contributed by atoms with E-state index in [4.69, 9.17) is 4.98 Å². The lowest BCUT2D eigenvalue weighted by Gasteiger charge is -2.31. The Hall–Kier alpha value is -3.31. The highest BCUT2D eigenvalue weighted by molar-refractivity contribution is 7.12. The summed E-state index contributed by atoms with van der Waals surface area (Å²) in [6.07, 6.45) is 1.96. The van der Waals surface area contributed by atoms with Crippen LogP contribution in [0, 0.1) is 12.3 Å². The lowest BCUT2D eigenvalue weighted by Crippen LogP contribution is -2.27. The number of carbonyl (C=O) groups is 1. The van der Waals surface area contributed by atoms with Crippen molar-refractivity contribution in [2.75, 3.05) is 23.7 Å². The molecule has 11 heteroatoms. The molecule has 0 bridgehead atoms. The van der Waals surface area contributed by atoms with Crippen LogP contribution in [-0.4, -0.2) is 47.7 Å². The van der Waals surface area contributed by atoms with E-state index in [2.05, 4.69) is 64.2 Å². The van der Waals surface area contributed by atoms with Gasteiger partial charge in [0.1, 0.15) is 0 Å². The topological polar surface area (TPSA) is 116 Å². The molecule has 1 atom stereocenters. The summed E-state index contributed by atoms with van der Waals surface area (Å²) < 4.78 is 8.50. The van der Waals surface area contributed by atoms with Gasteiger partial charge in [-0.1, -0.05) is 26.8 Å². The molecule has 0 spiro atoms. The number of phenolic OH excluding ortho intramolecular Hbond substituents is 1. The van der Waals surface area contributed by atoms with E-state index in [9.17, 15) is 9.90 Å². The van der Waals surface area contributed by atoms with E-state index in [1.54, 1.807) is 34.4 Å². The molecule has 0 aliphatic carbocycles. The fourth-order valence-electron chi connectivity index (χ4n) is 4.32. The van der Waals surface area contributed by atoms with Crippen LogP contribution < -0.4 is 10.6 Å². The maximum Gasteiger partial charge on any atom is 0.257 e. The first-order chi connectivity index (χ1) is 17.2. The van der Waals surface area contributed by atoms with Gasteiger partial charge in [0, 0.05) is 22.8 Å². The van der Waals surface area contributed by atoms with Gasteiger partial charge in [0.15, 0.2) is 17.4 Å². The number of carbonyl (C=O) groups excluding carboxylic acids is 1. The number of aromatic hydroxyl groups is 1. The number of anilines is 3. The van der Waals surface area contributed by atoms with E-state index < -0.39 is 0 Å². The molecule has 0 unspecified atom stereocenters. The number of aromatic nitrogens is 4. The van der Waals surface area contributed by atoms with Gasteiger partial charge < -0.3 is 20.6 Å². The van der Waals surface area contributed by atoms with Crippen molar-refractivity contribution in [3.8, 4) is 5.75 Å². The van der Waals surface area contributed by atoms with Crippen LogP contribution >= 0.6 is 23.1 Å². The van der Waals surface area contributed by atoms with E-state index in [-0.39, 0.29) is 28.7 Å². The number of hydrogen-bond acceptors (Lipinski definition) is 10. The number of nitrogens with zero attached hydrogens (tertiary/aromatic N) is 5. The number of hydrogen-bond donors (Lipinski definition) is 3. The third-order valence-electron chi connectivity index (χ3n) is 6.22. The zero-order valence-electron chi connectivity index (χ0n) is 20.7. The normalized spacial score (nSPS) is 14.8. The van der Waals surface area contributed by atoms with Gasteiger partial charge in [0.25, 0.3) is 5.91 Å². The van der Waals surface area contributed by atoms with Gasteiger partial charge in [-0.05, 0) is 49.4 Å². The Bertz CT molecular complexity index is 1400. The first-order valence-corrected chi connectivity index (χ1v) is 13.5. The smallest absolute Gasteiger partial charge is 0.257 e. The van der Waals surface area contributed by atoms with E-state index >= 15 is 0 Å². The fraction of sp³-hybridized carbons (Fsp3) is 0.400. The van der Waals surface area contributed by atoms with Crippen LogP contribution in [-0.2, 0) is 0 Å². The van der Waals surface area contributed by atoms with Crippen LogP contribution in [0.1, 0.15) is 59.8 Å². The molecule has 1 aliphatic rings. The molecule has 1 fully saturated rings. The van der Waals surface area contributed by atoms with E-state index in [0.717, 1.165) is 24.6 Å². The molecule has 3 aromatic heterocycles. The predicted molar refractivity (Wildman–Crippen MR) is 144 cm³/mol. The minimum absolute atomic E-state index is 0.0493. The van der Waals surface area contributed by atoms with Gasteiger partial charge in [-0.15, -0.1) is 11.3 Å². The number of aryl methyl sites for hydroxylation is 1. The lowest BCUT2D eigenvalue weighted by molar-refractivity contribution is 0.0790. The van der Waals surface area contributed by atoms with Crippen molar-refractivity contribution in [1.29, 1.82) is 0 Å². The summed E-state index contributed by atoms with van der Waals surface area (Å²) in [7, 11) is 0. The molecule has 9 nitrogen and oxygen atoms in total. The average Bonchev–Trinajstić information content (AvgIpc) is 3.59. The van der Waals surface area contributed by atoms with Crippen LogP contribution in [0.5, 0.6) is 5.75 Å². The predicted octanol–water partition coefficient (Wildman–Crippen LogP) is 5.74. The van der Waals surface area contributed by atoms with Gasteiger partial charge in [0.05, 0.1) is 29.0 Å². The van der Waals surface area contributed by atoms with Gasteiger partial charge in [-0.3, -0.25) is 4.79 Å². The minimum atomic E-state index is -0.168. The number of likely N-dealkylation sites (tertiary alicyclic amines) is 1. The van der Waals surface area contributed by atoms with Crippen LogP contribution in [0.25, 0.3) is 11.3 Å². The van der Waals surface area contributed by atoms with Gasteiger partial charge in [-0.25, -0.2) is 9.97 Å². The van der Waals surface area contributed by atoms with E-state index in [1.807, 2.05) is 0 Å². The molecular formula is C25H29N7O2S2. The molecule has 36 heavy (non-hydrogen) atoms. The molecule has 3 N–H and O–H groups in total. The highest BCUT2D eigenvalue weighted by Gasteiger charge is 2.30. The fourth-order valence-corrected chi connectivity index (χ4v) is 5.94. The summed E-state index contributed by atoms with van der Waals surface area (Å²) in [4.78, 5) is 26.5. The van der Waals surface area contributed by atoms with Crippen LogP contribution in [0.3, 0.4) is 0 Å². The summed E-state index contributed by atoms with van der Waals surface area (Å²) in [5, 5.41) is 17.8. The Morgan fingerprint density at radius 3 is 2.39 bits per heavy atom. The molecule has 0 radical (unpaired) electrons. The average molecular weight is 524 g/mol. The molecule has 1 aliphatic heterocycles. The zero-order valence-corrected chi connectivity index (χ0v) is 22.3. The second kappa shape index (κ2) is 9.62. The number of amides is 1. The Kier molecular flexibility index (Phi) is 6.52. The maximum absolute atomic E-state index is 13.0. The Balaban J connectivity index is 1.52. The number of thiophene rings is 1. The van der Waals surface area contributed by atoms with Crippen molar-refractivity contribution in [3.63, 3.8) is 0 Å². The molecule has 1 saturated heterocycles. The molecule has 4 aromatic rings. The van der Waals surface area contributed by atoms with Crippen molar-refractivity contribution in [2.24, 2.45) is 5.41 Å². The van der Waals surface area contributed by atoms with Crippen molar-refractivity contribution >= 4 is 57.6 Å².